The van der Waals surface area contributed by atoms with Crippen molar-refractivity contribution in [3.8, 4) is 0 Å². The molecule has 5 nitrogen and oxygen atoms in total. The zero-order valence-corrected chi connectivity index (χ0v) is 30.4. The number of hydrogen-bond donors (Lipinski definition) is 1. The minimum atomic E-state index is -0.468. The molecule has 0 bridgehead atoms. The van der Waals surface area contributed by atoms with Crippen LogP contribution in [0.5, 0.6) is 0 Å². The van der Waals surface area contributed by atoms with Gasteiger partial charge in [0.2, 0.25) is 5.79 Å². The van der Waals surface area contributed by atoms with Crippen molar-refractivity contribution in [3.05, 3.63) is 59.7 Å². The first-order valence-corrected chi connectivity index (χ1v) is 20.5. The summed E-state index contributed by atoms with van der Waals surface area (Å²) in [4.78, 5) is 18.4. The summed E-state index contributed by atoms with van der Waals surface area (Å²) in [5.74, 6) is -0.0913. The highest BCUT2D eigenvalue weighted by Gasteiger charge is 2.71. The number of carbonyl (C=O) groups excluding carboxylic acids is 1. The van der Waals surface area contributed by atoms with Crippen LogP contribution in [0.2, 0.25) is 0 Å². The number of ketones is 1. The lowest BCUT2D eigenvalue weighted by Crippen LogP contribution is -2.57. The van der Waals surface area contributed by atoms with E-state index in [1.54, 1.807) is 30.6 Å². The fraction of sp³-hybridized carbons (Fsp3) is 0.667. The zero-order valence-electron chi connectivity index (χ0n) is 28.7. The topological polar surface area (TPSA) is 54.1 Å². The van der Waals surface area contributed by atoms with E-state index >= 15 is 0 Å². The maximum absolute atomic E-state index is 13.4. The van der Waals surface area contributed by atoms with Crippen LogP contribution in [-0.4, -0.2) is 67.6 Å². The third kappa shape index (κ3) is 8.26. The van der Waals surface area contributed by atoms with Crippen molar-refractivity contribution in [2.24, 2.45) is 0 Å². The minimum absolute atomic E-state index is 0.0408. The van der Waals surface area contributed by atoms with Gasteiger partial charge in [-0.2, -0.15) is 0 Å². The smallest absolute Gasteiger partial charge is 0.225 e. The van der Waals surface area contributed by atoms with Gasteiger partial charge in [0.25, 0.3) is 0 Å². The standard InChI is InChI=1S/C19H27NOS.C15H20O2S.C5H11N/c1-22-17-10-8-16(9-11-17)18(21)19(12-4-2-5-13-19)20-14-6-3-7-15-20;1-16-15(12-6-8-13(18-2)9-7-12)14(17-15)10-4-3-5-11-14;1-2-4-6-5-3-1/h8-11H,2-7,12-15H2,1H3;6-9H,3-5,10-11H2,1-2H3;6H,1-5H2. The Hall–Kier alpha value is -1.35. The van der Waals surface area contributed by atoms with Gasteiger partial charge in [-0.3, -0.25) is 9.69 Å². The summed E-state index contributed by atoms with van der Waals surface area (Å²) in [6.07, 6.45) is 24.1. The van der Waals surface area contributed by atoms with Gasteiger partial charge in [-0.05, 0) is 114 Å². The Morgan fingerprint density at radius 1 is 0.696 bits per heavy atom. The molecule has 46 heavy (non-hydrogen) atoms. The molecule has 2 saturated carbocycles. The largest absolute Gasteiger partial charge is 0.347 e. The first kappa shape index (κ1) is 35.9. The summed E-state index contributed by atoms with van der Waals surface area (Å²) in [6, 6.07) is 16.9. The number of carbonyl (C=O) groups is 1. The summed E-state index contributed by atoms with van der Waals surface area (Å²) in [5.41, 5.74) is 1.83. The number of likely N-dealkylation sites (tertiary alicyclic amines) is 1. The lowest BCUT2D eigenvalue weighted by Gasteiger charge is -2.47. The Morgan fingerprint density at radius 2 is 1.20 bits per heavy atom. The number of thioether (sulfide) groups is 2. The third-order valence-corrected chi connectivity index (χ3v) is 12.4. The molecule has 2 aromatic rings. The minimum Gasteiger partial charge on any atom is -0.347 e. The van der Waals surface area contributed by atoms with E-state index in [4.69, 9.17) is 9.47 Å². The monoisotopic (exact) mass is 666 g/mol. The molecule has 5 fully saturated rings. The number of piperidine rings is 2. The van der Waals surface area contributed by atoms with Crippen molar-refractivity contribution in [3.63, 3.8) is 0 Å². The molecule has 3 heterocycles. The van der Waals surface area contributed by atoms with Crippen molar-refractivity contribution in [1.82, 2.24) is 10.2 Å². The van der Waals surface area contributed by atoms with Crippen molar-refractivity contribution in [2.45, 2.75) is 129 Å². The first-order valence-electron chi connectivity index (χ1n) is 18.1. The van der Waals surface area contributed by atoms with E-state index in [2.05, 4.69) is 59.1 Å². The number of ether oxygens (including phenoxy) is 2. The predicted molar refractivity (Wildman–Crippen MR) is 194 cm³/mol. The molecule has 1 N–H and O–H groups in total. The van der Waals surface area contributed by atoms with E-state index in [0.29, 0.717) is 5.78 Å². The van der Waals surface area contributed by atoms with Gasteiger partial charge in [-0.1, -0.05) is 75.6 Å². The highest BCUT2D eigenvalue weighted by molar-refractivity contribution is 7.98. The molecule has 5 aliphatic rings. The molecule has 0 radical (unpaired) electrons. The van der Waals surface area contributed by atoms with Gasteiger partial charge in [-0.25, -0.2) is 0 Å². The second-order valence-electron chi connectivity index (χ2n) is 13.7. The Labute approximate surface area is 287 Å². The fourth-order valence-corrected chi connectivity index (χ4v) is 9.06. The van der Waals surface area contributed by atoms with E-state index in [0.717, 1.165) is 44.3 Å². The highest BCUT2D eigenvalue weighted by Crippen LogP contribution is 2.62. The molecule has 7 heteroatoms. The molecule has 2 aromatic carbocycles. The van der Waals surface area contributed by atoms with Gasteiger partial charge >= 0.3 is 0 Å². The predicted octanol–water partition coefficient (Wildman–Crippen LogP) is 9.48. The van der Waals surface area contributed by atoms with E-state index in [1.807, 2.05) is 12.1 Å². The molecule has 3 aliphatic heterocycles. The van der Waals surface area contributed by atoms with Gasteiger partial charge in [0.05, 0.1) is 5.54 Å². The van der Waals surface area contributed by atoms with Crippen LogP contribution in [0, 0.1) is 0 Å². The van der Waals surface area contributed by atoms with Crippen molar-refractivity contribution in [1.29, 1.82) is 0 Å². The lowest BCUT2D eigenvalue weighted by molar-refractivity contribution is -0.0154. The molecule has 0 aromatic heterocycles. The second-order valence-corrected chi connectivity index (χ2v) is 15.5. The summed E-state index contributed by atoms with van der Waals surface area (Å²) < 4.78 is 11.9. The normalized spacial score (nSPS) is 25.4. The number of nitrogens with one attached hydrogen (secondary N) is 1. The van der Waals surface area contributed by atoms with E-state index in [9.17, 15) is 4.79 Å². The highest BCUT2D eigenvalue weighted by atomic mass is 32.2. The molecule has 7 rings (SSSR count). The number of Topliss-reactive ketones (excluding diaryl/α,β-unsaturated/α-hetero) is 1. The van der Waals surface area contributed by atoms with Crippen molar-refractivity contribution < 1.29 is 14.3 Å². The molecule has 1 atom stereocenters. The Balaban J connectivity index is 0.000000155. The number of benzene rings is 2. The van der Waals surface area contributed by atoms with Gasteiger partial charge in [0, 0.05) is 28.0 Å². The van der Waals surface area contributed by atoms with Crippen LogP contribution < -0.4 is 5.32 Å². The SMILES string of the molecule is C1CCNCC1.COC1(c2ccc(SC)cc2)OC12CCCCC2.CSc1ccc(C(=O)C2(N3CCCCC3)CCCCC2)cc1. The zero-order chi connectivity index (χ0) is 32.3. The number of hydrogen-bond acceptors (Lipinski definition) is 7. The maximum Gasteiger partial charge on any atom is 0.225 e. The number of nitrogens with zero attached hydrogens (tertiary/aromatic N) is 1. The molecule has 0 amide bonds. The lowest BCUT2D eigenvalue weighted by atomic mass is 9.74. The van der Waals surface area contributed by atoms with E-state index in [-0.39, 0.29) is 11.1 Å². The number of rotatable bonds is 7. The molecule has 3 saturated heterocycles. The first-order chi connectivity index (χ1) is 22.5. The van der Waals surface area contributed by atoms with Crippen LogP contribution in [0.3, 0.4) is 0 Å². The maximum atomic E-state index is 13.4. The van der Waals surface area contributed by atoms with Gasteiger partial charge in [0.1, 0.15) is 5.60 Å². The second kappa shape index (κ2) is 17.3. The van der Waals surface area contributed by atoms with Crippen LogP contribution in [-0.2, 0) is 15.3 Å². The molecule has 2 aliphatic carbocycles. The van der Waals surface area contributed by atoms with Gasteiger partial charge < -0.3 is 14.8 Å². The average Bonchev–Trinajstić information content (AvgIpc) is 3.79. The van der Waals surface area contributed by atoms with E-state index in [1.165, 1.54) is 105 Å². The summed E-state index contributed by atoms with van der Waals surface area (Å²) in [7, 11) is 1.77. The van der Waals surface area contributed by atoms with Gasteiger partial charge in [-0.15, -0.1) is 23.5 Å². The molecule has 254 valence electrons. The molecular weight excluding hydrogens is 609 g/mol. The van der Waals surface area contributed by atoms with Crippen molar-refractivity contribution >= 4 is 29.3 Å². The molecular formula is C39H58N2O3S2. The van der Waals surface area contributed by atoms with Crippen LogP contribution in [0.4, 0.5) is 0 Å². The van der Waals surface area contributed by atoms with Crippen LogP contribution >= 0.6 is 23.5 Å². The van der Waals surface area contributed by atoms with E-state index < -0.39 is 5.79 Å². The molecule has 1 spiro atoms. The van der Waals surface area contributed by atoms with Gasteiger partial charge in [0.15, 0.2) is 5.78 Å². The Morgan fingerprint density at radius 3 is 1.67 bits per heavy atom. The Bertz CT molecular complexity index is 1190. The van der Waals surface area contributed by atoms with Crippen LogP contribution in [0.1, 0.15) is 119 Å². The summed E-state index contributed by atoms with van der Waals surface area (Å²) in [5, 5.41) is 3.28. The summed E-state index contributed by atoms with van der Waals surface area (Å²) in [6.45, 7) is 4.71. The average molecular weight is 667 g/mol. The fourth-order valence-electron chi connectivity index (χ4n) is 8.24. The Kier molecular flexibility index (Phi) is 13.6. The summed E-state index contributed by atoms with van der Waals surface area (Å²) >= 11 is 3.49. The number of epoxide rings is 1. The van der Waals surface area contributed by atoms with Crippen LogP contribution in [0.15, 0.2) is 58.3 Å². The molecule has 1 unspecified atom stereocenters. The quantitative estimate of drug-likeness (QED) is 0.180. The van der Waals surface area contributed by atoms with Crippen molar-refractivity contribution in [2.75, 3.05) is 45.8 Å². The van der Waals surface area contributed by atoms with Crippen LogP contribution in [0.25, 0.3) is 0 Å². The number of methoxy groups -OCH3 is 1. The third-order valence-electron chi connectivity index (χ3n) is 10.9.